The lowest BCUT2D eigenvalue weighted by molar-refractivity contribution is -0.136. The van der Waals surface area contributed by atoms with Gasteiger partial charge in [-0.05, 0) is 31.9 Å². The summed E-state index contributed by atoms with van der Waals surface area (Å²) in [5, 5.41) is 3.12. The molecule has 0 heterocycles. The molecule has 1 N–H and O–H groups in total. The summed E-state index contributed by atoms with van der Waals surface area (Å²) in [5.74, 6) is 0. The highest BCUT2D eigenvalue weighted by Crippen LogP contribution is 2.23. The molecule has 0 aliphatic rings. The summed E-state index contributed by atoms with van der Waals surface area (Å²) in [7, 11) is 0. The Hall–Kier alpha value is -1.03. The summed E-state index contributed by atoms with van der Waals surface area (Å²) in [6, 6.07) is 7.82. The quantitative estimate of drug-likeness (QED) is 0.818. The summed E-state index contributed by atoms with van der Waals surface area (Å²) >= 11 is 0. The lowest BCUT2D eigenvalue weighted by atomic mass is 10.0. The van der Waals surface area contributed by atoms with Crippen molar-refractivity contribution in [2.24, 2.45) is 0 Å². The van der Waals surface area contributed by atoms with Crippen LogP contribution in [0.1, 0.15) is 30.9 Å². The Kier molecular flexibility index (Phi) is 5.66. The third-order valence-electron chi connectivity index (χ3n) is 2.87. The predicted octanol–water partition coefficient (Wildman–Crippen LogP) is 3.86. The summed E-state index contributed by atoms with van der Waals surface area (Å²) in [4.78, 5) is 0. The average Bonchev–Trinajstić information content (AvgIpc) is 2.28. The first kappa shape index (κ1) is 15.0. The van der Waals surface area contributed by atoms with Crippen LogP contribution in [-0.2, 0) is 6.42 Å². The number of likely N-dealkylation sites (N-methyl/N-ethyl adjacent to an activating group) is 1. The molecule has 0 aliphatic carbocycles. The Labute approximate surface area is 106 Å². The summed E-state index contributed by atoms with van der Waals surface area (Å²) in [6.45, 7) is 4.60. The summed E-state index contributed by atoms with van der Waals surface area (Å²) in [5.41, 5.74) is 2.24. The van der Waals surface area contributed by atoms with Crippen LogP contribution in [0.3, 0.4) is 0 Å². The Morgan fingerprint density at radius 3 is 2.28 bits per heavy atom. The van der Waals surface area contributed by atoms with E-state index in [1.807, 2.05) is 38.1 Å². The molecule has 0 aromatic heterocycles. The second-order valence-corrected chi connectivity index (χ2v) is 4.60. The van der Waals surface area contributed by atoms with Crippen LogP contribution in [0.25, 0.3) is 0 Å². The zero-order chi connectivity index (χ0) is 13.6. The standard InChI is InChI=1S/C14H20F3N/c1-3-18-13(8-9-14(15,16)17)10-12-6-4-11(2)5-7-12/h4-7,13,18H,3,8-10H2,1-2H3. The number of aryl methyl sites for hydroxylation is 1. The largest absolute Gasteiger partial charge is 0.389 e. The number of benzene rings is 1. The third-order valence-corrected chi connectivity index (χ3v) is 2.87. The minimum Gasteiger partial charge on any atom is -0.314 e. The van der Waals surface area contributed by atoms with Gasteiger partial charge in [0.25, 0.3) is 0 Å². The first-order valence-corrected chi connectivity index (χ1v) is 6.26. The molecule has 0 amide bonds. The van der Waals surface area contributed by atoms with Crippen LogP contribution in [0.15, 0.2) is 24.3 Å². The Bertz CT molecular complexity index is 343. The zero-order valence-electron chi connectivity index (χ0n) is 10.8. The number of rotatable bonds is 6. The fourth-order valence-corrected chi connectivity index (χ4v) is 1.91. The molecule has 18 heavy (non-hydrogen) atoms. The van der Waals surface area contributed by atoms with Gasteiger partial charge in [0.1, 0.15) is 0 Å². The van der Waals surface area contributed by atoms with Gasteiger partial charge in [-0.3, -0.25) is 0 Å². The molecule has 102 valence electrons. The number of alkyl halides is 3. The minimum atomic E-state index is -4.07. The first-order valence-electron chi connectivity index (χ1n) is 6.26. The maximum absolute atomic E-state index is 12.2. The van der Waals surface area contributed by atoms with Gasteiger partial charge in [0.05, 0.1) is 0 Å². The van der Waals surface area contributed by atoms with Crippen LogP contribution < -0.4 is 5.32 Å². The van der Waals surface area contributed by atoms with E-state index in [0.717, 1.165) is 11.1 Å². The summed E-state index contributed by atoms with van der Waals surface area (Å²) in [6.07, 6.45) is -4.02. The van der Waals surface area contributed by atoms with E-state index in [1.54, 1.807) is 0 Å². The van der Waals surface area contributed by atoms with Crippen LogP contribution in [0.2, 0.25) is 0 Å². The molecular weight excluding hydrogens is 239 g/mol. The van der Waals surface area contributed by atoms with Crippen molar-refractivity contribution in [1.82, 2.24) is 5.32 Å². The van der Waals surface area contributed by atoms with E-state index in [1.165, 1.54) is 0 Å². The van der Waals surface area contributed by atoms with Gasteiger partial charge >= 0.3 is 6.18 Å². The molecular formula is C14H20F3N. The highest BCUT2D eigenvalue weighted by molar-refractivity contribution is 5.22. The van der Waals surface area contributed by atoms with Gasteiger partial charge in [0.15, 0.2) is 0 Å². The minimum absolute atomic E-state index is 0.112. The van der Waals surface area contributed by atoms with Gasteiger partial charge in [-0.25, -0.2) is 0 Å². The van der Waals surface area contributed by atoms with Crippen molar-refractivity contribution < 1.29 is 13.2 Å². The summed E-state index contributed by atoms with van der Waals surface area (Å²) < 4.78 is 36.7. The molecule has 1 aromatic carbocycles. The maximum Gasteiger partial charge on any atom is 0.389 e. The van der Waals surface area contributed by atoms with E-state index in [2.05, 4.69) is 5.32 Å². The van der Waals surface area contributed by atoms with Crippen molar-refractivity contribution >= 4 is 0 Å². The average molecular weight is 259 g/mol. The fourth-order valence-electron chi connectivity index (χ4n) is 1.91. The van der Waals surface area contributed by atoms with Gasteiger partial charge in [-0.15, -0.1) is 0 Å². The monoisotopic (exact) mass is 259 g/mol. The molecule has 1 unspecified atom stereocenters. The van der Waals surface area contributed by atoms with Crippen molar-refractivity contribution in [1.29, 1.82) is 0 Å². The van der Waals surface area contributed by atoms with E-state index < -0.39 is 12.6 Å². The van der Waals surface area contributed by atoms with Crippen LogP contribution in [-0.4, -0.2) is 18.8 Å². The molecule has 1 rings (SSSR count). The van der Waals surface area contributed by atoms with Crippen LogP contribution in [0.5, 0.6) is 0 Å². The third kappa shape index (κ3) is 6.05. The molecule has 0 aliphatic heterocycles. The van der Waals surface area contributed by atoms with E-state index in [0.29, 0.717) is 13.0 Å². The number of hydrogen-bond acceptors (Lipinski definition) is 1. The second-order valence-electron chi connectivity index (χ2n) is 4.60. The van der Waals surface area contributed by atoms with Gasteiger partial charge < -0.3 is 5.32 Å². The van der Waals surface area contributed by atoms with Crippen molar-refractivity contribution in [2.75, 3.05) is 6.54 Å². The first-order chi connectivity index (χ1) is 8.40. The second kappa shape index (κ2) is 6.78. The zero-order valence-corrected chi connectivity index (χ0v) is 10.8. The smallest absolute Gasteiger partial charge is 0.314 e. The van der Waals surface area contributed by atoms with E-state index in [9.17, 15) is 13.2 Å². The predicted molar refractivity (Wildman–Crippen MR) is 67.6 cm³/mol. The van der Waals surface area contributed by atoms with Gasteiger partial charge in [-0.1, -0.05) is 36.8 Å². The number of halogens is 3. The van der Waals surface area contributed by atoms with Crippen molar-refractivity contribution in [3.8, 4) is 0 Å². The molecule has 1 aromatic rings. The van der Waals surface area contributed by atoms with E-state index in [-0.39, 0.29) is 12.5 Å². The SMILES string of the molecule is CCNC(CCC(F)(F)F)Cc1ccc(C)cc1. The highest BCUT2D eigenvalue weighted by atomic mass is 19.4. The van der Waals surface area contributed by atoms with Crippen LogP contribution >= 0.6 is 0 Å². The maximum atomic E-state index is 12.2. The number of nitrogens with one attached hydrogen (secondary N) is 1. The van der Waals surface area contributed by atoms with Crippen LogP contribution in [0, 0.1) is 6.92 Å². The van der Waals surface area contributed by atoms with Crippen molar-refractivity contribution in [2.45, 2.75) is 45.3 Å². The Balaban J connectivity index is 2.54. The molecule has 0 fully saturated rings. The molecule has 0 saturated carbocycles. The topological polar surface area (TPSA) is 12.0 Å². The highest BCUT2D eigenvalue weighted by Gasteiger charge is 2.28. The van der Waals surface area contributed by atoms with Gasteiger partial charge in [-0.2, -0.15) is 13.2 Å². The molecule has 1 atom stereocenters. The molecule has 1 nitrogen and oxygen atoms in total. The van der Waals surface area contributed by atoms with E-state index in [4.69, 9.17) is 0 Å². The van der Waals surface area contributed by atoms with Crippen molar-refractivity contribution in [3.63, 3.8) is 0 Å². The lowest BCUT2D eigenvalue weighted by Crippen LogP contribution is -2.32. The molecule has 4 heteroatoms. The fraction of sp³-hybridized carbons (Fsp3) is 0.571. The van der Waals surface area contributed by atoms with Crippen molar-refractivity contribution in [3.05, 3.63) is 35.4 Å². The van der Waals surface area contributed by atoms with E-state index >= 15 is 0 Å². The van der Waals surface area contributed by atoms with Crippen LogP contribution in [0.4, 0.5) is 13.2 Å². The Morgan fingerprint density at radius 1 is 1.17 bits per heavy atom. The molecule has 0 radical (unpaired) electrons. The lowest BCUT2D eigenvalue weighted by Gasteiger charge is -2.19. The molecule has 0 bridgehead atoms. The molecule has 0 saturated heterocycles. The van der Waals surface area contributed by atoms with Gasteiger partial charge in [0.2, 0.25) is 0 Å². The van der Waals surface area contributed by atoms with Gasteiger partial charge in [0, 0.05) is 12.5 Å². The number of hydrogen-bond donors (Lipinski definition) is 1. The Morgan fingerprint density at radius 2 is 1.78 bits per heavy atom. The molecule has 0 spiro atoms. The normalized spacial score (nSPS) is 13.6.